The topological polar surface area (TPSA) is 23.8 Å². The Labute approximate surface area is 174 Å². The highest BCUT2D eigenvalue weighted by molar-refractivity contribution is 5.67. The maximum Gasteiger partial charge on any atom is 0.137 e. The molecule has 4 rings (SSSR count). The third-order valence-corrected chi connectivity index (χ3v) is 5.93. The van der Waals surface area contributed by atoms with Gasteiger partial charge in [0.05, 0.1) is 11.4 Å². The average Bonchev–Trinajstić information content (AvgIpc) is 3.07. The largest absolute Gasteiger partial charge is 0.373 e. The Morgan fingerprint density at radius 1 is 1.03 bits per heavy atom. The van der Waals surface area contributed by atoms with Crippen LogP contribution in [0.4, 0.5) is 0 Å². The summed E-state index contributed by atoms with van der Waals surface area (Å²) in [4.78, 5) is 9.96. The summed E-state index contributed by atoms with van der Waals surface area (Å²) in [5.41, 5.74) is 8.47. The number of allylic oxidation sites excluding steroid dienone is 1. The Morgan fingerprint density at radius 3 is 2.41 bits per heavy atom. The molecule has 0 bridgehead atoms. The van der Waals surface area contributed by atoms with Crippen LogP contribution in [0.3, 0.4) is 0 Å². The first-order valence-electron chi connectivity index (χ1n) is 10.7. The lowest BCUT2D eigenvalue weighted by Crippen LogP contribution is -2.44. The van der Waals surface area contributed by atoms with E-state index in [4.69, 9.17) is 4.98 Å². The third-order valence-electron chi connectivity index (χ3n) is 5.93. The fourth-order valence-electron chi connectivity index (χ4n) is 4.17. The Kier molecular flexibility index (Phi) is 5.72. The SMILES string of the molecule is C=C(C)N1CCN(Cc2c(-c3ccc(C)cc3)nc3ccc(CCC)cn23)CC1. The summed E-state index contributed by atoms with van der Waals surface area (Å²) in [7, 11) is 0. The van der Waals surface area contributed by atoms with Crippen molar-refractivity contribution in [2.45, 2.75) is 40.2 Å². The number of piperazine rings is 1. The van der Waals surface area contributed by atoms with Crippen molar-refractivity contribution in [3.63, 3.8) is 0 Å². The van der Waals surface area contributed by atoms with Gasteiger partial charge in [-0.05, 0) is 31.9 Å². The second kappa shape index (κ2) is 8.42. The van der Waals surface area contributed by atoms with Crippen molar-refractivity contribution in [2.24, 2.45) is 0 Å². The Bertz CT molecular complexity index is 992. The first kappa shape index (κ1) is 19.7. The van der Waals surface area contributed by atoms with Gasteiger partial charge in [0.25, 0.3) is 0 Å². The minimum absolute atomic E-state index is 0.921. The molecule has 4 nitrogen and oxygen atoms in total. The highest BCUT2D eigenvalue weighted by atomic mass is 15.3. The molecule has 0 atom stereocenters. The van der Waals surface area contributed by atoms with E-state index < -0.39 is 0 Å². The highest BCUT2D eigenvalue weighted by Crippen LogP contribution is 2.27. The summed E-state index contributed by atoms with van der Waals surface area (Å²) in [6, 6.07) is 13.2. The van der Waals surface area contributed by atoms with Gasteiger partial charge in [-0.1, -0.05) is 55.8 Å². The first-order valence-corrected chi connectivity index (χ1v) is 10.7. The molecule has 0 amide bonds. The maximum atomic E-state index is 5.03. The van der Waals surface area contributed by atoms with Gasteiger partial charge in [0.15, 0.2) is 0 Å². The fourth-order valence-corrected chi connectivity index (χ4v) is 4.17. The lowest BCUT2D eigenvalue weighted by atomic mass is 10.1. The average molecular weight is 389 g/mol. The second-order valence-electron chi connectivity index (χ2n) is 8.29. The number of hydrogen-bond donors (Lipinski definition) is 0. The van der Waals surface area contributed by atoms with Gasteiger partial charge in [-0.3, -0.25) is 4.90 Å². The standard InChI is InChI=1S/C25H32N4/c1-5-6-21-9-12-24-26-25(22-10-7-20(4)8-11-22)23(29(24)17-21)18-27-13-15-28(16-14-27)19(2)3/h7-12,17H,2,5-6,13-16,18H2,1,3-4H3. The molecule has 0 spiro atoms. The molecule has 1 aliphatic heterocycles. The zero-order valence-corrected chi connectivity index (χ0v) is 18.0. The molecule has 4 heteroatoms. The smallest absolute Gasteiger partial charge is 0.137 e. The molecule has 2 aromatic heterocycles. The monoisotopic (exact) mass is 388 g/mol. The fraction of sp³-hybridized carbons (Fsp3) is 0.400. The van der Waals surface area contributed by atoms with Gasteiger partial charge in [0, 0.05) is 50.2 Å². The van der Waals surface area contributed by atoms with Crippen molar-refractivity contribution in [1.29, 1.82) is 0 Å². The minimum atomic E-state index is 0.921. The van der Waals surface area contributed by atoms with E-state index in [-0.39, 0.29) is 0 Å². The van der Waals surface area contributed by atoms with E-state index in [1.54, 1.807) is 0 Å². The van der Waals surface area contributed by atoms with Crippen LogP contribution in [0, 0.1) is 6.92 Å². The zero-order chi connectivity index (χ0) is 20.4. The molecule has 1 aliphatic rings. The van der Waals surface area contributed by atoms with Gasteiger partial charge in [-0.2, -0.15) is 0 Å². The molecule has 152 valence electrons. The van der Waals surface area contributed by atoms with Crippen LogP contribution < -0.4 is 0 Å². The molecule has 0 unspecified atom stereocenters. The quantitative estimate of drug-likeness (QED) is 0.599. The van der Waals surface area contributed by atoms with Crippen LogP contribution in [0.5, 0.6) is 0 Å². The number of nitrogens with zero attached hydrogens (tertiary/aromatic N) is 4. The predicted octanol–water partition coefficient (Wildman–Crippen LogP) is 4.91. The molecular weight excluding hydrogens is 356 g/mol. The van der Waals surface area contributed by atoms with Crippen LogP contribution in [0.1, 0.15) is 37.1 Å². The van der Waals surface area contributed by atoms with Gasteiger partial charge < -0.3 is 9.30 Å². The van der Waals surface area contributed by atoms with Crippen molar-refractivity contribution in [3.8, 4) is 11.3 Å². The van der Waals surface area contributed by atoms with E-state index in [0.717, 1.165) is 56.9 Å². The number of aryl methyl sites for hydroxylation is 2. The Hall–Kier alpha value is -2.59. The lowest BCUT2D eigenvalue weighted by molar-refractivity contribution is 0.152. The van der Waals surface area contributed by atoms with Crippen molar-refractivity contribution in [1.82, 2.24) is 19.2 Å². The van der Waals surface area contributed by atoms with E-state index >= 15 is 0 Å². The molecule has 1 saturated heterocycles. The van der Waals surface area contributed by atoms with Gasteiger partial charge in [0.1, 0.15) is 5.65 Å². The molecule has 3 heterocycles. The molecule has 0 N–H and O–H groups in total. The van der Waals surface area contributed by atoms with Gasteiger partial charge >= 0.3 is 0 Å². The number of pyridine rings is 1. The molecule has 3 aromatic rings. The van der Waals surface area contributed by atoms with Crippen LogP contribution >= 0.6 is 0 Å². The van der Waals surface area contributed by atoms with E-state index in [2.05, 4.69) is 84.1 Å². The molecule has 1 fully saturated rings. The molecule has 29 heavy (non-hydrogen) atoms. The van der Waals surface area contributed by atoms with Crippen LogP contribution in [-0.2, 0) is 13.0 Å². The van der Waals surface area contributed by atoms with E-state index in [1.807, 2.05) is 0 Å². The van der Waals surface area contributed by atoms with Crippen molar-refractivity contribution in [3.05, 3.63) is 71.7 Å². The normalized spacial score (nSPS) is 15.2. The van der Waals surface area contributed by atoms with E-state index in [9.17, 15) is 0 Å². The van der Waals surface area contributed by atoms with Crippen molar-refractivity contribution < 1.29 is 0 Å². The molecule has 0 aliphatic carbocycles. The molecule has 1 aromatic carbocycles. The van der Waals surface area contributed by atoms with E-state index in [1.165, 1.54) is 28.1 Å². The zero-order valence-electron chi connectivity index (χ0n) is 18.0. The molecule has 0 saturated carbocycles. The predicted molar refractivity (Wildman–Crippen MR) is 121 cm³/mol. The number of benzene rings is 1. The van der Waals surface area contributed by atoms with Crippen LogP contribution in [-0.4, -0.2) is 45.4 Å². The second-order valence-corrected chi connectivity index (χ2v) is 8.29. The summed E-state index contributed by atoms with van der Waals surface area (Å²) in [6.45, 7) is 15.7. The molecule has 0 radical (unpaired) electrons. The summed E-state index contributed by atoms with van der Waals surface area (Å²) >= 11 is 0. The number of hydrogen-bond acceptors (Lipinski definition) is 3. The van der Waals surface area contributed by atoms with Gasteiger partial charge in [-0.25, -0.2) is 4.98 Å². The first-order chi connectivity index (χ1) is 14.0. The van der Waals surface area contributed by atoms with E-state index in [0.29, 0.717) is 0 Å². The molecular formula is C25H32N4. The summed E-state index contributed by atoms with van der Waals surface area (Å²) < 4.78 is 2.32. The lowest BCUT2D eigenvalue weighted by Gasteiger charge is -2.36. The van der Waals surface area contributed by atoms with Crippen LogP contribution in [0.25, 0.3) is 16.9 Å². The maximum absolute atomic E-state index is 5.03. The minimum Gasteiger partial charge on any atom is -0.373 e. The number of fused-ring (bicyclic) bond motifs is 1. The van der Waals surface area contributed by atoms with Gasteiger partial charge in [-0.15, -0.1) is 0 Å². The number of imidazole rings is 1. The summed E-state index contributed by atoms with van der Waals surface area (Å²) in [5.74, 6) is 0. The summed E-state index contributed by atoms with van der Waals surface area (Å²) in [5, 5.41) is 0. The third kappa shape index (κ3) is 4.23. The Balaban J connectivity index is 1.70. The summed E-state index contributed by atoms with van der Waals surface area (Å²) in [6.07, 6.45) is 4.55. The van der Waals surface area contributed by atoms with Crippen LogP contribution in [0.15, 0.2) is 54.9 Å². The highest BCUT2D eigenvalue weighted by Gasteiger charge is 2.21. The van der Waals surface area contributed by atoms with Crippen molar-refractivity contribution in [2.75, 3.05) is 26.2 Å². The number of aromatic nitrogens is 2. The number of rotatable bonds is 6. The van der Waals surface area contributed by atoms with Gasteiger partial charge in [0.2, 0.25) is 0 Å². The van der Waals surface area contributed by atoms with Crippen molar-refractivity contribution >= 4 is 5.65 Å². The Morgan fingerprint density at radius 2 is 1.76 bits per heavy atom. The van der Waals surface area contributed by atoms with Crippen LogP contribution in [0.2, 0.25) is 0 Å².